The first-order chi connectivity index (χ1) is 8.77. The average molecular weight is 261 g/mol. The molecule has 2 N–H and O–H groups in total. The Kier molecular flexibility index (Phi) is 3.78. The van der Waals surface area contributed by atoms with Gasteiger partial charge in [0, 0.05) is 5.82 Å². The molecule has 0 spiro atoms. The Morgan fingerprint density at radius 1 is 1.05 bits per heavy atom. The van der Waals surface area contributed by atoms with Crippen LogP contribution in [0.2, 0.25) is 0 Å². The molecular weight excluding hydrogens is 237 g/mol. The van der Waals surface area contributed by atoms with Gasteiger partial charge in [-0.1, -0.05) is 29.8 Å². The van der Waals surface area contributed by atoms with Crippen LogP contribution in [-0.2, 0) is 9.31 Å². The lowest BCUT2D eigenvalue weighted by atomic mass is 9.68. The molecule has 104 valence electrons. The number of hydrogen-bond donors (Lipinski definition) is 1. The number of hydrogen-bond acceptors (Lipinski definition) is 3. The molecule has 1 fully saturated rings. The summed E-state index contributed by atoms with van der Waals surface area (Å²) in [7, 11) is -0.280. The lowest BCUT2D eigenvalue weighted by molar-refractivity contribution is 0.00578. The zero-order valence-electron chi connectivity index (χ0n) is 12.6. The van der Waals surface area contributed by atoms with Crippen LogP contribution < -0.4 is 5.73 Å². The smallest absolute Gasteiger partial charge is 0.403 e. The molecule has 0 radical (unpaired) electrons. The van der Waals surface area contributed by atoms with Gasteiger partial charge in [0.25, 0.3) is 0 Å². The van der Waals surface area contributed by atoms with E-state index in [0.29, 0.717) is 6.54 Å². The van der Waals surface area contributed by atoms with Crippen LogP contribution in [0.15, 0.2) is 24.3 Å². The Labute approximate surface area is 116 Å². The van der Waals surface area contributed by atoms with Crippen LogP contribution in [0.5, 0.6) is 0 Å². The molecule has 0 unspecified atom stereocenters. The van der Waals surface area contributed by atoms with Crippen LogP contribution in [-0.4, -0.2) is 24.9 Å². The van der Waals surface area contributed by atoms with Crippen LogP contribution >= 0.6 is 0 Å². The van der Waals surface area contributed by atoms with Gasteiger partial charge >= 0.3 is 7.12 Å². The second-order valence-corrected chi connectivity index (χ2v) is 6.38. The highest BCUT2D eigenvalue weighted by atomic mass is 16.7. The van der Waals surface area contributed by atoms with E-state index in [1.54, 1.807) is 0 Å². The molecule has 0 saturated carbocycles. The van der Waals surface area contributed by atoms with Gasteiger partial charge in [-0.15, -0.1) is 0 Å². The predicted octanol–water partition coefficient (Wildman–Crippen LogP) is 2.67. The third kappa shape index (κ3) is 2.71. The Morgan fingerprint density at radius 3 is 1.95 bits per heavy atom. The maximum atomic E-state index is 6.10. The van der Waals surface area contributed by atoms with E-state index in [0.717, 1.165) is 0 Å². The lowest BCUT2D eigenvalue weighted by Crippen LogP contribution is -2.41. The molecule has 1 aromatic rings. The van der Waals surface area contributed by atoms with Crippen molar-refractivity contribution >= 4 is 7.12 Å². The maximum absolute atomic E-state index is 6.10. The Balaban J connectivity index is 2.23. The Bertz CT molecular complexity index is 426. The van der Waals surface area contributed by atoms with Crippen molar-refractivity contribution in [2.45, 2.75) is 51.6 Å². The van der Waals surface area contributed by atoms with Crippen molar-refractivity contribution in [3.8, 4) is 0 Å². The van der Waals surface area contributed by atoms with Gasteiger partial charge in [-0.25, -0.2) is 0 Å². The van der Waals surface area contributed by atoms with E-state index in [1.807, 2.05) is 0 Å². The van der Waals surface area contributed by atoms with Gasteiger partial charge in [0.2, 0.25) is 0 Å². The summed E-state index contributed by atoms with van der Waals surface area (Å²) in [4.78, 5) is 0. The van der Waals surface area contributed by atoms with Gasteiger partial charge in [0.1, 0.15) is 0 Å². The van der Waals surface area contributed by atoms with Crippen molar-refractivity contribution in [1.82, 2.24) is 0 Å². The lowest BCUT2D eigenvalue weighted by Gasteiger charge is -2.32. The first-order valence-corrected chi connectivity index (χ1v) is 6.89. The second-order valence-electron chi connectivity index (χ2n) is 6.38. The molecular formula is C15H24BNO2. The summed E-state index contributed by atoms with van der Waals surface area (Å²) >= 11 is 0. The van der Waals surface area contributed by atoms with Crippen molar-refractivity contribution < 1.29 is 9.31 Å². The van der Waals surface area contributed by atoms with Crippen LogP contribution in [0.3, 0.4) is 0 Å². The summed E-state index contributed by atoms with van der Waals surface area (Å²) in [6.45, 7) is 10.9. The van der Waals surface area contributed by atoms with E-state index in [-0.39, 0.29) is 24.1 Å². The molecule has 1 saturated heterocycles. The molecule has 19 heavy (non-hydrogen) atoms. The molecule has 4 heteroatoms. The van der Waals surface area contributed by atoms with Crippen molar-refractivity contribution in [3.63, 3.8) is 0 Å². The second kappa shape index (κ2) is 4.93. The summed E-state index contributed by atoms with van der Waals surface area (Å²) in [5.74, 6) is 0.0710. The van der Waals surface area contributed by atoms with Crippen molar-refractivity contribution in [3.05, 3.63) is 35.4 Å². The SMILES string of the molecule is Cc1ccc([C@H](CN)B2OC(C)(C)C(C)(C)O2)cc1. The number of rotatable bonds is 3. The standard InChI is InChI=1S/C15H24BNO2/c1-11-6-8-12(9-7-11)13(10-17)16-18-14(2,3)15(4,5)19-16/h6-9,13H,10,17H2,1-5H3/t13-/m0/s1. The van der Waals surface area contributed by atoms with E-state index in [4.69, 9.17) is 15.0 Å². The van der Waals surface area contributed by atoms with Gasteiger partial charge in [-0.2, -0.15) is 0 Å². The molecule has 1 aliphatic rings. The average Bonchev–Trinajstić information content (AvgIpc) is 2.51. The summed E-state index contributed by atoms with van der Waals surface area (Å²) in [5, 5.41) is 0. The van der Waals surface area contributed by atoms with Crippen LogP contribution in [0, 0.1) is 6.92 Å². The van der Waals surface area contributed by atoms with E-state index < -0.39 is 0 Å². The van der Waals surface area contributed by atoms with Gasteiger partial charge in [0.05, 0.1) is 11.2 Å². The monoisotopic (exact) mass is 261 g/mol. The molecule has 2 rings (SSSR count). The molecule has 0 bridgehead atoms. The quantitative estimate of drug-likeness (QED) is 0.851. The largest absolute Gasteiger partial charge is 0.467 e. The predicted molar refractivity (Wildman–Crippen MR) is 79.1 cm³/mol. The van der Waals surface area contributed by atoms with Gasteiger partial charge in [-0.3, -0.25) is 0 Å². The van der Waals surface area contributed by atoms with Crippen molar-refractivity contribution in [1.29, 1.82) is 0 Å². The van der Waals surface area contributed by atoms with E-state index >= 15 is 0 Å². The third-order valence-electron chi connectivity index (χ3n) is 4.36. The van der Waals surface area contributed by atoms with E-state index in [2.05, 4.69) is 58.9 Å². The maximum Gasteiger partial charge on any atom is 0.467 e. The molecule has 0 aromatic heterocycles. The van der Waals surface area contributed by atoms with Crippen LogP contribution in [0.4, 0.5) is 0 Å². The highest BCUT2D eigenvalue weighted by Crippen LogP contribution is 2.40. The summed E-state index contributed by atoms with van der Waals surface area (Å²) in [5.41, 5.74) is 7.74. The van der Waals surface area contributed by atoms with Crippen LogP contribution in [0.1, 0.15) is 44.6 Å². The minimum atomic E-state index is -0.310. The van der Waals surface area contributed by atoms with E-state index in [1.165, 1.54) is 11.1 Å². The molecule has 1 atom stereocenters. The first kappa shape index (κ1) is 14.6. The topological polar surface area (TPSA) is 44.5 Å². The van der Waals surface area contributed by atoms with Crippen molar-refractivity contribution in [2.75, 3.05) is 6.54 Å². The van der Waals surface area contributed by atoms with E-state index in [9.17, 15) is 0 Å². The molecule has 0 aliphatic carbocycles. The van der Waals surface area contributed by atoms with Gasteiger partial charge in [0.15, 0.2) is 0 Å². The normalized spacial score (nSPS) is 22.5. The molecule has 1 heterocycles. The summed E-state index contributed by atoms with van der Waals surface area (Å²) in [6, 6.07) is 8.42. The van der Waals surface area contributed by atoms with Gasteiger partial charge < -0.3 is 15.0 Å². The third-order valence-corrected chi connectivity index (χ3v) is 4.36. The first-order valence-electron chi connectivity index (χ1n) is 6.89. The Hall–Kier alpha value is -0.835. The van der Waals surface area contributed by atoms with Crippen molar-refractivity contribution in [2.24, 2.45) is 5.73 Å². The fourth-order valence-electron chi connectivity index (χ4n) is 2.27. The molecule has 3 nitrogen and oxygen atoms in total. The molecule has 1 aromatic carbocycles. The summed E-state index contributed by atoms with van der Waals surface area (Å²) < 4.78 is 12.2. The number of nitrogens with two attached hydrogens (primary N) is 1. The number of benzene rings is 1. The molecule has 0 amide bonds. The number of aryl methyl sites for hydroxylation is 1. The van der Waals surface area contributed by atoms with Crippen LogP contribution in [0.25, 0.3) is 0 Å². The Morgan fingerprint density at radius 2 is 1.53 bits per heavy atom. The van der Waals surface area contributed by atoms with Gasteiger partial charge in [-0.05, 0) is 46.7 Å². The zero-order valence-corrected chi connectivity index (χ0v) is 12.6. The minimum Gasteiger partial charge on any atom is -0.403 e. The zero-order chi connectivity index (χ0) is 14.3. The highest BCUT2D eigenvalue weighted by Gasteiger charge is 2.53. The summed E-state index contributed by atoms with van der Waals surface area (Å²) in [6.07, 6.45) is 0. The molecule has 1 aliphatic heterocycles. The fourth-order valence-corrected chi connectivity index (χ4v) is 2.27. The fraction of sp³-hybridized carbons (Fsp3) is 0.600. The minimum absolute atomic E-state index is 0.0710. The highest BCUT2D eigenvalue weighted by molar-refractivity contribution is 6.47.